The van der Waals surface area contributed by atoms with Crippen molar-refractivity contribution in [2.45, 2.75) is 11.8 Å². The van der Waals surface area contributed by atoms with Gasteiger partial charge in [-0.3, -0.25) is 4.79 Å². The van der Waals surface area contributed by atoms with Crippen LogP contribution < -0.4 is 4.74 Å². The monoisotopic (exact) mass is 252 g/mol. The summed E-state index contributed by atoms with van der Waals surface area (Å²) in [5.74, 6) is -0.173. The molecular weight excluding hydrogens is 246 g/mol. The Balaban J connectivity index is 3.07. The number of carbonyl (C=O) groups is 1. The molecule has 14 heavy (non-hydrogen) atoms. The van der Waals surface area contributed by atoms with Gasteiger partial charge in [-0.1, -0.05) is 23.7 Å². The van der Waals surface area contributed by atoms with Crippen LogP contribution in [0.15, 0.2) is 18.2 Å². The Morgan fingerprint density at radius 2 is 2.07 bits per heavy atom. The zero-order chi connectivity index (χ0) is 10.7. The fourth-order valence-corrected chi connectivity index (χ4v) is 1.68. The van der Waals surface area contributed by atoms with Crippen LogP contribution in [0.5, 0.6) is 5.75 Å². The number of halogens is 3. The molecule has 0 atom stereocenters. The molecule has 0 N–H and O–H groups in total. The van der Waals surface area contributed by atoms with Crippen molar-refractivity contribution in [1.29, 1.82) is 0 Å². The third kappa shape index (κ3) is 2.77. The predicted molar refractivity (Wildman–Crippen MR) is 57.2 cm³/mol. The summed E-state index contributed by atoms with van der Waals surface area (Å²) in [6.07, 6.45) is 0. The van der Waals surface area contributed by atoms with E-state index in [9.17, 15) is 4.79 Å². The van der Waals surface area contributed by atoms with E-state index in [1.807, 2.05) is 0 Å². The molecular formula is C9H7Cl3O2. The van der Waals surface area contributed by atoms with E-state index in [0.29, 0.717) is 5.56 Å². The van der Waals surface area contributed by atoms with E-state index in [2.05, 4.69) is 0 Å². The summed E-state index contributed by atoms with van der Waals surface area (Å²) >= 11 is 17.2. The highest BCUT2D eigenvalue weighted by molar-refractivity contribution is 6.45. The first-order valence-electron chi connectivity index (χ1n) is 3.77. The summed E-state index contributed by atoms with van der Waals surface area (Å²) in [4.78, 5) is 9.96. The number of rotatable bonds is 2. The molecule has 0 saturated heterocycles. The molecule has 0 aromatic heterocycles. The van der Waals surface area contributed by atoms with Gasteiger partial charge in [-0.25, -0.2) is 0 Å². The van der Waals surface area contributed by atoms with Gasteiger partial charge in [0.05, 0.1) is 5.02 Å². The lowest BCUT2D eigenvalue weighted by Gasteiger charge is -2.08. The Morgan fingerprint density at radius 1 is 1.43 bits per heavy atom. The zero-order valence-corrected chi connectivity index (χ0v) is 9.53. The highest BCUT2D eigenvalue weighted by atomic mass is 35.5. The van der Waals surface area contributed by atoms with E-state index in [0.717, 1.165) is 0 Å². The molecule has 5 heteroatoms. The Bertz CT molecular complexity index is 350. The first-order chi connectivity index (χ1) is 6.52. The fraction of sp³-hybridized carbons (Fsp3) is 0.222. The molecule has 0 heterocycles. The minimum atomic E-state index is -0.738. The number of ether oxygens (including phenoxy) is 1. The van der Waals surface area contributed by atoms with Gasteiger partial charge in [0, 0.05) is 12.5 Å². The van der Waals surface area contributed by atoms with Gasteiger partial charge >= 0.3 is 5.97 Å². The van der Waals surface area contributed by atoms with Crippen molar-refractivity contribution in [2.75, 3.05) is 0 Å². The number of hydrogen-bond donors (Lipinski definition) is 0. The third-order valence-corrected chi connectivity index (χ3v) is 2.36. The van der Waals surface area contributed by atoms with Crippen LogP contribution in [0.2, 0.25) is 5.02 Å². The predicted octanol–water partition coefficient (Wildman–Crippen LogP) is 3.74. The highest BCUT2D eigenvalue weighted by Gasteiger charge is 2.13. The van der Waals surface area contributed by atoms with Crippen LogP contribution in [0.1, 0.15) is 17.3 Å². The molecule has 0 aliphatic carbocycles. The Labute approximate surface area is 96.7 Å². The van der Waals surface area contributed by atoms with Crippen molar-refractivity contribution in [3.05, 3.63) is 28.8 Å². The van der Waals surface area contributed by atoms with Crippen molar-refractivity contribution < 1.29 is 9.53 Å². The van der Waals surface area contributed by atoms with Crippen LogP contribution in [0, 0.1) is 0 Å². The van der Waals surface area contributed by atoms with Crippen molar-refractivity contribution in [3.8, 4) is 5.75 Å². The normalized spacial score (nSPS) is 10.4. The molecule has 0 unspecified atom stereocenters. The van der Waals surface area contributed by atoms with E-state index in [4.69, 9.17) is 39.5 Å². The fourth-order valence-electron chi connectivity index (χ4n) is 0.930. The first kappa shape index (κ1) is 11.6. The third-order valence-electron chi connectivity index (χ3n) is 1.48. The molecule has 1 aromatic rings. The number of benzene rings is 1. The molecule has 0 aliphatic rings. The summed E-state index contributed by atoms with van der Waals surface area (Å²) in [6, 6.07) is 4.90. The average molecular weight is 254 g/mol. The SMILES string of the molecule is CC(=O)Oc1cccc(C(Cl)Cl)c1Cl. The van der Waals surface area contributed by atoms with Gasteiger partial charge in [0.15, 0.2) is 0 Å². The molecule has 0 fully saturated rings. The van der Waals surface area contributed by atoms with Gasteiger partial charge in [-0.2, -0.15) is 0 Å². The molecule has 0 amide bonds. The maximum absolute atomic E-state index is 10.7. The van der Waals surface area contributed by atoms with E-state index in [1.165, 1.54) is 6.92 Å². The highest BCUT2D eigenvalue weighted by Crippen LogP contribution is 2.36. The Hall–Kier alpha value is -0.440. The topological polar surface area (TPSA) is 26.3 Å². The lowest BCUT2D eigenvalue weighted by molar-refractivity contribution is -0.131. The van der Waals surface area contributed by atoms with Crippen LogP contribution in [-0.4, -0.2) is 5.97 Å². The molecule has 76 valence electrons. The standard InChI is InChI=1S/C9H7Cl3O2/c1-5(13)14-7-4-2-3-6(8(7)10)9(11)12/h2-4,9H,1H3. The van der Waals surface area contributed by atoms with Crippen LogP contribution in [-0.2, 0) is 4.79 Å². The molecule has 0 aliphatic heterocycles. The average Bonchev–Trinajstić information content (AvgIpc) is 2.07. The van der Waals surface area contributed by atoms with Gasteiger partial charge < -0.3 is 4.74 Å². The second kappa shape index (κ2) is 4.87. The van der Waals surface area contributed by atoms with Gasteiger partial charge in [0.25, 0.3) is 0 Å². The molecule has 2 nitrogen and oxygen atoms in total. The van der Waals surface area contributed by atoms with Gasteiger partial charge in [0.1, 0.15) is 10.6 Å². The maximum Gasteiger partial charge on any atom is 0.308 e. The van der Waals surface area contributed by atoms with Gasteiger partial charge in [0.2, 0.25) is 0 Å². The zero-order valence-electron chi connectivity index (χ0n) is 7.26. The van der Waals surface area contributed by atoms with Crippen molar-refractivity contribution in [2.24, 2.45) is 0 Å². The van der Waals surface area contributed by atoms with Crippen molar-refractivity contribution in [1.82, 2.24) is 0 Å². The summed E-state index contributed by atoms with van der Waals surface area (Å²) in [7, 11) is 0. The largest absolute Gasteiger partial charge is 0.425 e. The number of alkyl halides is 2. The molecule has 0 bridgehead atoms. The van der Waals surface area contributed by atoms with Crippen molar-refractivity contribution >= 4 is 40.8 Å². The van der Waals surface area contributed by atoms with Crippen molar-refractivity contribution in [3.63, 3.8) is 0 Å². The van der Waals surface area contributed by atoms with Gasteiger partial charge in [-0.05, 0) is 6.07 Å². The van der Waals surface area contributed by atoms with Crippen LogP contribution >= 0.6 is 34.8 Å². The van der Waals surface area contributed by atoms with E-state index >= 15 is 0 Å². The Morgan fingerprint density at radius 3 is 2.57 bits per heavy atom. The second-order valence-corrected chi connectivity index (χ2v) is 4.03. The Kier molecular flexibility index (Phi) is 4.05. The molecule has 0 radical (unpaired) electrons. The van der Waals surface area contributed by atoms with E-state index < -0.39 is 10.8 Å². The van der Waals surface area contributed by atoms with Crippen LogP contribution in [0.25, 0.3) is 0 Å². The lowest BCUT2D eigenvalue weighted by Crippen LogP contribution is -2.02. The molecule has 1 aromatic carbocycles. The molecule has 0 spiro atoms. The molecule has 1 rings (SSSR count). The van der Waals surface area contributed by atoms with Gasteiger partial charge in [-0.15, -0.1) is 23.2 Å². The van der Waals surface area contributed by atoms with Crippen LogP contribution in [0.4, 0.5) is 0 Å². The van der Waals surface area contributed by atoms with E-state index in [1.54, 1.807) is 18.2 Å². The summed E-state index contributed by atoms with van der Waals surface area (Å²) in [5, 5.41) is 0.262. The summed E-state index contributed by atoms with van der Waals surface area (Å²) < 4.78 is 4.85. The quantitative estimate of drug-likeness (QED) is 0.456. The number of hydrogen-bond acceptors (Lipinski definition) is 2. The number of esters is 1. The number of carbonyl (C=O) groups excluding carboxylic acids is 1. The maximum atomic E-state index is 10.7. The minimum Gasteiger partial charge on any atom is -0.425 e. The summed E-state index contributed by atoms with van der Waals surface area (Å²) in [6.45, 7) is 1.29. The minimum absolute atomic E-state index is 0.262. The first-order valence-corrected chi connectivity index (χ1v) is 5.02. The molecule has 0 saturated carbocycles. The van der Waals surface area contributed by atoms with Crippen LogP contribution in [0.3, 0.4) is 0 Å². The lowest BCUT2D eigenvalue weighted by atomic mass is 10.2. The second-order valence-electron chi connectivity index (χ2n) is 2.55. The smallest absolute Gasteiger partial charge is 0.308 e. The van der Waals surface area contributed by atoms with E-state index in [-0.39, 0.29) is 10.8 Å². The summed E-state index contributed by atoms with van der Waals surface area (Å²) in [5.41, 5.74) is 0.522.